The van der Waals surface area contributed by atoms with Gasteiger partial charge in [-0.3, -0.25) is 4.79 Å². The predicted molar refractivity (Wildman–Crippen MR) is 87.2 cm³/mol. The van der Waals surface area contributed by atoms with Crippen molar-refractivity contribution in [3.05, 3.63) is 53.7 Å². The van der Waals surface area contributed by atoms with Crippen LogP contribution in [-0.2, 0) is 6.54 Å². The van der Waals surface area contributed by atoms with Crippen molar-refractivity contribution in [1.82, 2.24) is 10.3 Å². The van der Waals surface area contributed by atoms with Crippen LogP contribution in [0, 0.1) is 0 Å². The molecule has 0 aliphatic heterocycles. The maximum Gasteiger partial charge on any atom is 0.251 e. The van der Waals surface area contributed by atoms with Gasteiger partial charge in [0.25, 0.3) is 5.91 Å². The van der Waals surface area contributed by atoms with E-state index in [4.69, 9.17) is 4.74 Å². The Balaban J connectivity index is 1.93. The van der Waals surface area contributed by atoms with Crippen molar-refractivity contribution in [2.24, 2.45) is 0 Å². The Morgan fingerprint density at radius 2 is 2.00 bits per heavy atom. The summed E-state index contributed by atoms with van der Waals surface area (Å²) in [6.45, 7) is 3.39. The van der Waals surface area contributed by atoms with Crippen LogP contribution in [0.4, 0.5) is 5.82 Å². The van der Waals surface area contributed by atoms with Gasteiger partial charge in [0.2, 0.25) is 0 Å². The molecule has 2 aromatic rings. The van der Waals surface area contributed by atoms with Gasteiger partial charge >= 0.3 is 0 Å². The number of nitrogens with zero attached hydrogens (tertiary/aromatic N) is 1. The van der Waals surface area contributed by atoms with E-state index in [2.05, 4.69) is 22.5 Å². The van der Waals surface area contributed by atoms with E-state index in [0.29, 0.717) is 12.1 Å². The van der Waals surface area contributed by atoms with Gasteiger partial charge in [0.15, 0.2) is 0 Å². The van der Waals surface area contributed by atoms with Gasteiger partial charge in [-0.25, -0.2) is 4.98 Å². The Bertz CT molecular complexity index is 612. The van der Waals surface area contributed by atoms with Gasteiger partial charge in [0.05, 0.1) is 7.11 Å². The molecular formula is C17H21N3O2. The highest BCUT2D eigenvalue weighted by Crippen LogP contribution is 2.11. The first-order valence-electron chi connectivity index (χ1n) is 7.34. The van der Waals surface area contributed by atoms with Gasteiger partial charge in [-0.1, -0.05) is 19.1 Å². The number of hydrogen-bond acceptors (Lipinski definition) is 4. The highest BCUT2D eigenvalue weighted by atomic mass is 16.5. The molecule has 116 valence electrons. The first-order chi connectivity index (χ1) is 10.7. The van der Waals surface area contributed by atoms with E-state index in [9.17, 15) is 4.79 Å². The first-order valence-corrected chi connectivity index (χ1v) is 7.34. The molecule has 0 fully saturated rings. The number of methoxy groups -OCH3 is 1. The third-order valence-corrected chi connectivity index (χ3v) is 3.19. The molecule has 0 aliphatic carbocycles. The summed E-state index contributed by atoms with van der Waals surface area (Å²) in [6, 6.07) is 11.1. The molecular weight excluding hydrogens is 278 g/mol. The molecule has 0 unspecified atom stereocenters. The maximum absolute atomic E-state index is 12.2. The van der Waals surface area contributed by atoms with E-state index >= 15 is 0 Å². The van der Waals surface area contributed by atoms with Crippen LogP contribution in [0.3, 0.4) is 0 Å². The summed E-state index contributed by atoms with van der Waals surface area (Å²) in [5, 5.41) is 6.07. The quantitative estimate of drug-likeness (QED) is 0.825. The number of carbonyl (C=O) groups excluding carboxylic acids is 1. The number of hydrogen-bond donors (Lipinski definition) is 2. The molecule has 0 bridgehead atoms. The largest absolute Gasteiger partial charge is 0.497 e. The zero-order chi connectivity index (χ0) is 15.8. The molecule has 22 heavy (non-hydrogen) atoms. The molecule has 1 amide bonds. The number of benzene rings is 1. The van der Waals surface area contributed by atoms with Crippen molar-refractivity contribution in [3.63, 3.8) is 0 Å². The summed E-state index contributed by atoms with van der Waals surface area (Å²) < 4.78 is 5.11. The average molecular weight is 299 g/mol. The van der Waals surface area contributed by atoms with Crippen LogP contribution < -0.4 is 15.4 Å². The van der Waals surface area contributed by atoms with Crippen LogP contribution >= 0.6 is 0 Å². The molecule has 2 rings (SSSR count). The van der Waals surface area contributed by atoms with E-state index in [1.165, 1.54) is 0 Å². The molecule has 5 nitrogen and oxygen atoms in total. The number of nitrogens with one attached hydrogen (secondary N) is 2. The van der Waals surface area contributed by atoms with E-state index in [0.717, 1.165) is 30.1 Å². The molecule has 0 saturated heterocycles. The first kappa shape index (κ1) is 15.8. The summed E-state index contributed by atoms with van der Waals surface area (Å²) in [5.74, 6) is 1.41. The Hall–Kier alpha value is -2.56. The van der Waals surface area contributed by atoms with Gasteiger partial charge in [-0.15, -0.1) is 0 Å². The van der Waals surface area contributed by atoms with Gasteiger partial charge < -0.3 is 15.4 Å². The highest BCUT2D eigenvalue weighted by Gasteiger charge is 2.06. The second kappa shape index (κ2) is 8.02. The Morgan fingerprint density at radius 1 is 1.23 bits per heavy atom. The van der Waals surface area contributed by atoms with Crippen molar-refractivity contribution >= 4 is 11.7 Å². The number of rotatable bonds is 7. The molecule has 1 heterocycles. The third kappa shape index (κ3) is 4.48. The van der Waals surface area contributed by atoms with Crippen molar-refractivity contribution in [2.45, 2.75) is 19.9 Å². The van der Waals surface area contributed by atoms with Crippen LogP contribution in [0.2, 0.25) is 0 Å². The summed E-state index contributed by atoms with van der Waals surface area (Å²) in [7, 11) is 1.63. The molecule has 0 aliphatic rings. The van der Waals surface area contributed by atoms with E-state index in [1.54, 1.807) is 25.4 Å². The fraction of sp³-hybridized carbons (Fsp3) is 0.294. The van der Waals surface area contributed by atoms with Gasteiger partial charge in [-0.2, -0.15) is 0 Å². The zero-order valence-corrected chi connectivity index (χ0v) is 12.9. The molecule has 0 atom stereocenters. The van der Waals surface area contributed by atoms with Crippen molar-refractivity contribution in [2.75, 3.05) is 19.0 Å². The summed E-state index contributed by atoms with van der Waals surface area (Å²) in [4.78, 5) is 16.4. The zero-order valence-electron chi connectivity index (χ0n) is 12.9. The van der Waals surface area contributed by atoms with Crippen molar-refractivity contribution in [3.8, 4) is 5.75 Å². The number of aromatic nitrogens is 1. The fourth-order valence-corrected chi connectivity index (χ4v) is 1.95. The third-order valence-electron chi connectivity index (χ3n) is 3.19. The minimum Gasteiger partial charge on any atom is -0.497 e. The number of pyridine rings is 1. The van der Waals surface area contributed by atoms with Crippen molar-refractivity contribution in [1.29, 1.82) is 0 Å². The standard InChI is InChI=1S/C17H21N3O2/c1-3-9-18-16-11-14(8-10-19-16)17(21)20-12-13-4-6-15(22-2)7-5-13/h4-8,10-11H,3,9,12H2,1-2H3,(H,18,19)(H,20,21). The molecule has 0 saturated carbocycles. The molecule has 0 radical (unpaired) electrons. The molecule has 1 aromatic carbocycles. The molecule has 5 heteroatoms. The van der Waals surface area contributed by atoms with Crippen LogP contribution in [0.15, 0.2) is 42.6 Å². The molecule has 2 N–H and O–H groups in total. The predicted octanol–water partition coefficient (Wildman–Crippen LogP) is 2.84. The molecule has 1 aromatic heterocycles. The lowest BCUT2D eigenvalue weighted by atomic mass is 10.2. The number of amides is 1. The lowest BCUT2D eigenvalue weighted by molar-refractivity contribution is 0.0951. The van der Waals surface area contributed by atoms with Crippen LogP contribution in [-0.4, -0.2) is 24.5 Å². The fourth-order valence-electron chi connectivity index (χ4n) is 1.95. The van der Waals surface area contributed by atoms with Gasteiger partial charge in [-0.05, 0) is 36.2 Å². The normalized spacial score (nSPS) is 10.1. The van der Waals surface area contributed by atoms with Gasteiger partial charge in [0, 0.05) is 24.8 Å². The van der Waals surface area contributed by atoms with E-state index in [-0.39, 0.29) is 5.91 Å². The monoisotopic (exact) mass is 299 g/mol. The Labute approximate surface area is 130 Å². The number of ether oxygens (including phenoxy) is 1. The number of anilines is 1. The summed E-state index contributed by atoms with van der Waals surface area (Å²) >= 11 is 0. The maximum atomic E-state index is 12.2. The highest BCUT2D eigenvalue weighted by molar-refractivity contribution is 5.94. The molecule has 0 spiro atoms. The SMILES string of the molecule is CCCNc1cc(C(=O)NCc2ccc(OC)cc2)ccn1. The van der Waals surface area contributed by atoms with Gasteiger partial charge in [0.1, 0.15) is 11.6 Å². The average Bonchev–Trinajstić information content (AvgIpc) is 2.58. The summed E-state index contributed by atoms with van der Waals surface area (Å²) in [5.41, 5.74) is 1.62. The lowest BCUT2D eigenvalue weighted by Crippen LogP contribution is -2.23. The van der Waals surface area contributed by atoms with E-state index < -0.39 is 0 Å². The smallest absolute Gasteiger partial charge is 0.251 e. The van der Waals surface area contributed by atoms with Crippen LogP contribution in [0.5, 0.6) is 5.75 Å². The lowest BCUT2D eigenvalue weighted by Gasteiger charge is -2.08. The van der Waals surface area contributed by atoms with Crippen LogP contribution in [0.25, 0.3) is 0 Å². The Morgan fingerprint density at radius 3 is 2.68 bits per heavy atom. The second-order valence-electron chi connectivity index (χ2n) is 4.89. The summed E-state index contributed by atoms with van der Waals surface area (Å²) in [6.07, 6.45) is 2.65. The number of carbonyl (C=O) groups is 1. The van der Waals surface area contributed by atoms with Crippen molar-refractivity contribution < 1.29 is 9.53 Å². The van der Waals surface area contributed by atoms with E-state index in [1.807, 2.05) is 24.3 Å². The minimum absolute atomic E-state index is 0.113. The Kier molecular flexibility index (Phi) is 5.77. The van der Waals surface area contributed by atoms with Crippen LogP contribution in [0.1, 0.15) is 29.3 Å². The second-order valence-corrected chi connectivity index (χ2v) is 4.89. The minimum atomic E-state index is -0.113. The topological polar surface area (TPSA) is 63.2 Å².